The summed E-state index contributed by atoms with van der Waals surface area (Å²) in [6.07, 6.45) is 5.58. The first-order valence-corrected chi connectivity index (χ1v) is 12.0. The number of piperazine rings is 1. The number of rotatable bonds is 12. The summed E-state index contributed by atoms with van der Waals surface area (Å²) >= 11 is 0. The number of unbranched alkanes of at least 4 members (excludes halogenated alkanes) is 1. The number of nitrogens with one attached hydrogen (secondary N) is 1. The van der Waals surface area contributed by atoms with Gasteiger partial charge in [0, 0.05) is 44.8 Å². The van der Waals surface area contributed by atoms with Crippen molar-refractivity contribution in [3.05, 3.63) is 54.1 Å². The second-order valence-electron chi connectivity index (χ2n) is 8.04. The lowest BCUT2D eigenvalue weighted by molar-refractivity contribution is -0.142. The highest BCUT2D eigenvalue weighted by atomic mass is 16.5. The molecule has 0 aliphatic carbocycles. The number of benzene rings is 1. The molecule has 1 saturated heterocycles. The van der Waals surface area contributed by atoms with E-state index in [2.05, 4.69) is 23.7 Å². The Hall–Kier alpha value is -3.29. The van der Waals surface area contributed by atoms with Gasteiger partial charge in [-0.05, 0) is 36.6 Å². The molecule has 34 heavy (non-hydrogen) atoms. The van der Waals surface area contributed by atoms with Crippen LogP contribution >= 0.6 is 0 Å². The number of esters is 1. The zero-order valence-corrected chi connectivity index (χ0v) is 20.4. The Morgan fingerprint density at radius 2 is 1.76 bits per heavy atom. The summed E-state index contributed by atoms with van der Waals surface area (Å²) < 4.78 is 10.2. The summed E-state index contributed by atoms with van der Waals surface area (Å²) in [4.78, 5) is 40.0. The molecule has 0 bridgehead atoms. The van der Waals surface area contributed by atoms with Gasteiger partial charge in [-0.2, -0.15) is 0 Å². The number of carbonyl (C=O) groups excluding carboxylic acids is 3. The van der Waals surface area contributed by atoms with E-state index in [1.54, 1.807) is 13.0 Å². The van der Waals surface area contributed by atoms with Crippen LogP contribution in [0.15, 0.2) is 48.6 Å². The molecule has 2 rings (SSSR count). The summed E-state index contributed by atoms with van der Waals surface area (Å²) in [5.41, 5.74) is 2.86. The number of hydrogen-bond acceptors (Lipinski definition) is 6. The molecule has 0 radical (unpaired) electrons. The molecule has 0 atom stereocenters. The first-order valence-electron chi connectivity index (χ1n) is 12.0. The summed E-state index contributed by atoms with van der Waals surface area (Å²) in [6.45, 7) is 11.1. The lowest BCUT2D eigenvalue weighted by Gasteiger charge is -2.36. The maximum absolute atomic E-state index is 12.5. The highest BCUT2D eigenvalue weighted by molar-refractivity contribution is 5.77. The maximum atomic E-state index is 12.5. The van der Waals surface area contributed by atoms with E-state index in [-0.39, 0.29) is 37.9 Å². The SMILES string of the molecule is C=C/C(=C\CCC)COC(=O)NCCC(=O)N1CCN(c2ccc(CC(=O)OCC)cc2)CC1. The van der Waals surface area contributed by atoms with Crippen LogP contribution in [-0.4, -0.2) is 68.8 Å². The van der Waals surface area contributed by atoms with Gasteiger partial charge < -0.3 is 24.6 Å². The number of nitrogens with zero attached hydrogens (tertiary/aromatic N) is 2. The average Bonchev–Trinajstić information content (AvgIpc) is 2.85. The zero-order valence-electron chi connectivity index (χ0n) is 20.4. The number of hydrogen-bond donors (Lipinski definition) is 1. The van der Waals surface area contributed by atoms with Crippen LogP contribution in [0.1, 0.15) is 38.7 Å². The van der Waals surface area contributed by atoms with Gasteiger partial charge in [0.05, 0.1) is 13.0 Å². The van der Waals surface area contributed by atoms with Crippen molar-refractivity contribution in [3.8, 4) is 0 Å². The number of alkyl carbamates (subject to hydrolysis) is 1. The minimum absolute atomic E-state index is 0.0133. The van der Waals surface area contributed by atoms with Crippen LogP contribution in [0, 0.1) is 0 Å². The van der Waals surface area contributed by atoms with Crippen molar-refractivity contribution < 1.29 is 23.9 Å². The highest BCUT2D eigenvalue weighted by Gasteiger charge is 2.21. The second kappa shape index (κ2) is 14.8. The van der Waals surface area contributed by atoms with Crippen LogP contribution < -0.4 is 10.2 Å². The molecule has 0 aromatic heterocycles. The van der Waals surface area contributed by atoms with Crippen LogP contribution in [0.3, 0.4) is 0 Å². The van der Waals surface area contributed by atoms with Crippen LogP contribution in [0.25, 0.3) is 0 Å². The fourth-order valence-corrected chi connectivity index (χ4v) is 3.58. The third-order valence-electron chi connectivity index (χ3n) is 5.52. The predicted octanol–water partition coefficient (Wildman–Crippen LogP) is 3.47. The number of allylic oxidation sites excluding steroid dienone is 1. The van der Waals surface area contributed by atoms with Crippen molar-refractivity contribution >= 4 is 23.7 Å². The maximum Gasteiger partial charge on any atom is 0.407 e. The molecule has 8 heteroatoms. The molecular formula is C26H37N3O5. The average molecular weight is 472 g/mol. The molecule has 1 heterocycles. The van der Waals surface area contributed by atoms with Crippen molar-refractivity contribution in [2.45, 2.75) is 39.5 Å². The fourth-order valence-electron chi connectivity index (χ4n) is 3.58. The molecule has 8 nitrogen and oxygen atoms in total. The molecule has 186 valence electrons. The topological polar surface area (TPSA) is 88.2 Å². The molecule has 2 amide bonds. The molecule has 1 aliphatic rings. The van der Waals surface area contributed by atoms with E-state index < -0.39 is 6.09 Å². The number of amides is 2. The van der Waals surface area contributed by atoms with Gasteiger partial charge >= 0.3 is 12.1 Å². The lowest BCUT2D eigenvalue weighted by atomic mass is 10.1. The minimum atomic E-state index is -0.534. The summed E-state index contributed by atoms with van der Waals surface area (Å²) in [5.74, 6) is -0.213. The zero-order chi connectivity index (χ0) is 24.8. The number of carbonyl (C=O) groups is 3. The van der Waals surface area contributed by atoms with Gasteiger partial charge in [-0.25, -0.2) is 4.79 Å². The fraction of sp³-hybridized carbons (Fsp3) is 0.500. The Morgan fingerprint density at radius 3 is 2.38 bits per heavy atom. The van der Waals surface area contributed by atoms with Crippen LogP contribution in [-0.2, 0) is 25.5 Å². The first-order chi connectivity index (χ1) is 16.5. The minimum Gasteiger partial charge on any atom is -0.466 e. The number of ether oxygens (including phenoxy) is 2. The molecule has 0 saturated carbocycles. The van der Waals surface area contributed by atoms with Crippen molar-refractivity contribution in [3.63, 3.8) is 0 Å². The standard InChI is InChI=1S/C26H37N3O5/c1-4-7-8-21(5-2)20-34-26(32)27-14-13-24(30)29-17-15-28(16-18-29)23-11-9-22(10-12-23)19-25(31)33-6-3/h5,8-12H,2,4,6-7,13-20H2,1,3H3,(H,27,32)/b21-8+. The van der Waals surface area contributed by atoms with Crippen molar-refractivity contribution in [2.75, 3.05) is 50.8 Å². The number of anilines is 1. The smallest absolute Gasteiger partial charge is 0.407 e. The largest absolute Gasteiger partial charge is 0.466 e. The Balaban J connectivity index is 1.68. The van der Waals surface area contributed by atoms with Gasteiger partial charge in [-0.15, -0.1) is 0 Å². The Bertz CT molecular complexity index is 842. The summed E-state index contributed by atoms with van der Waals surface area (Å²) in [5, 5.41) is 2.64. The van der Waals surface area contributed by atoms with E-state index in [1.807, 2.05) is 35.2 Å². The van der Waals surface area contributed by atoms with E-state index >= 15 is 0 Å². The van der Waals surface area contributed by atoms with Gasteiger partial charge in [-0.3, -0.25) is 9.59 Å². The van der Waals surface area contributed by atoms with E-state index in [4.69, 9.17) is 9.47 Å². The Kier molecular flexibility index (Phi) is 11.7. The molecular weight excluding hydrogens is 434 g/mol. The van der Waals surface area contributed by atoms with Gasteiger partial charge in [0.1, 0.15) is 6.61 Å². The monoisotopic (exact) mass is 471 g/mol. The van der Waals surface area contributed by atoms with Crippen molar-refractivity contribution in [1.29, 1.82) is 0 Å². The molecule has 1 aromatic carbocycles. The van der Waals surface area contributed by atoms with E-state index in [9.17, 15) is 14.4 Å². The third-order valence-corrected chi connectivity index (χ3v) is 5.52. The van der Waals surface area contributed by atoms with Crippen molar-refractivity contribution in [2.24, 2.45) is 0 Å². The van der Waals surface area contributed by atoms with Gasteiger partial charge in [0.25, 0.3) is 0 Å². The lowest BCUT2D eigenvalue weighted by Crippen LogP contribution is -2.49. The highest BCUT2D eigenvalue weighted by Crippen LogP contribution is 2.18. The van der Waals surface area contributed by atoms with E-state index in [0.29, 0.717) is 19.7 Å². The molecule has 1 aromatic rings. The normalized spacial score (nSPS) is 13.9. The summed E-state index contributed by atoms with van der Waals surface area (Å²) in [6, 6.07) is 7.87. The predicted molar refractivity (Wildman–Crippen MR) is 133 cm³/mol. The van der Waals surface area contributed by atoms with Crippen molar-refractivity contribution in [1.82, 2.24) is 10.2 Å². The molecule has 1 N–H and O–H groups in total. The summed E-state index contributed by atoms with van der Waals surface area (Å²) in [7, 11) is 0. The third kappa shape index (κ3) is 9.29. The Labute approximate surface area is 202 Å². The van der Waals surface area contributed by atoms with Gasteiger partial charge in [0.2, 0.25) is 5.91 Å². The molecule has 0 spiro atoms. The van der Waals surface area contributed by atoms with Gasteiger partial charge in [0.15, 0.2) is 0 Å². The second-order valence-corrected chi connectivity index (χ2v) is 8.04. The van der Waals surface area contributed by atoms with E-state index in [0.717, 1.165) is 42.8 Å². The molecule has 0 unspecified atom stereocenters. The quantitative estimate of drug-likeness (QED) is 0.371. The van der Waals surface area contributed by atoms with Crippen LogP contribution in [0.4, 0.5) is 10.5 Å². The van der Waals surface area contributed by atoms with Crippen LogP contribution in [0.2, 0.25) is 0 Å². The molecule has 1 aliphatic heterocycles. The van der Waals surface area contributed by atoms with Gasteiger partial charge in [-0.1, -0.05) is 44.2 Å². The molecule has 1 fully saturated rings. The Morgan fingerprint density at radius 1 is 1.06 bits per heavy atom. The van der Waals surface area contributed by atoms with E-state index in [1.165, 1.54) is 0 Å². The van der Waals surface area contributed by atoms with Crippen LogP contribution in [0.5, 0.6) is 0 Å². The first kappa shape index (κ1) is 27.0.